The van der Waals surface area contributed by atoms with Gasteiger partial charge in [0.05, 0.1) is 11.9 Å². The second kappa shape index (κ2) is 6.24. The average molecular weight is 306 g/mol. The molecule has 19 heavy (non-hydrogen) atoms. The summed E-state index contributed by atoms with van der Waals surface area (Å²) in [5.41, 5.74) is 0.579. The van der Waals surface area contributed by atoms with Crippen molar-refractivity contribution in [3.05, 3.63) is 11.9 Å². The molecule has 5 nitrogen and oxygen atoms in total. The van der Waals surface area contributed by atoms with Crippen LogP contribution in [0.2, 0.25) is 0 Å². The molecule has 1 saturated carbocycles. The summed E-state index contributed by atoms with van der Waals surface area (Å²) in [6, 6.07) is 0.0757. The number of nitrogens with one attached hydrogen (secondary N) is 1. The number of aromatic nitrogens is 2. The van der Waals surface area contributed by atoms with Gasteiger partial charge in [-0.25, -0.2) is 8.42 Å². The molecule has 1 aliphatic carbocycles. The van der Waals surface area contributed by atoms with Crippen LogP contribution in [-0.4, -0.2) is 41.4 Å². The minimum absolute atomic E-state index is 0.0757. The standard InChI is InChI=1S/C12H20ClN3O2S/c1-10-12(9-14-15-10)19(17,18)16(8-7-13)11-5-3-2-4-6-11/h9,11H,2-8H2,1H3,(H,14,15). The summed E-state index contributed by atoms with van der Waals surface area (Å²) < 4.78 is 27.0. The Balaban J connectivity index is 2.29. The van der Waals surface area contributed by atoms with Crippen LogP contribution in [0.25, 0.3) is 0 Å². The van der Waals surface area contributed by atoms with Crippen molar-refractivity contribution < 1.29 is 8.42 Å². The zero-order valence-electron chi connectivity index (χ0n) is 11.1. The van der Waals surface area contributed by atoms with Crippen LogP contribution in [0.1, 0.15) is 37.8 Å². The zero-order chi connectivity index (χ0) is 13.9. The highest BCUT2D eigenvalue weighted by atomic mass is 35.5. The van der Waals surface area contributed by atoms with Gasteiger partial charge in [-0.1, -0.05) is 19.3 Å². The fourth-order valence-corrected chi connectivity index (χ4v) is 4.77. The van der Waals surface area contributed by atoms with E-state index in [0.29, 0.717) is 18.1 Å². The molecule has 1 aliphatic rings. The summed E-state index contributed by atoms with van der Waals surface area (Å²) >= 11 is 5.79. The molecule has 1 heterocycles. The molecule has 7 heteroatoms. The molecule has 108 valence electrons. The lowest BCUT2D eigenvalue weighted by Gasteiger charge is -2.32. The van der Waals surface area contributed by atoms with Gasteiger partial charge in [0.15, 0.2) is 0 Å². The number of hydrogen-bond donors (Lipinski definition) is 1. The summed E-state index contributed by atoms with van der Waals surface area (Å²) in [6.45, 7) is 2.08. The fourth-order valence-electron chi connectivity index (χ4n) is 2.68. The second-order valence-corrected chi connectivity index (χ2v) is 7.19. The van der Waals surface area contributed by atoms with Crippen molar-refractivity contribution in [3.8, 4) is 0 Å². The van der Waals surface area contributed by atoms with E-state index in [1.807, 2.05) is 0 Å². The summed E-state index contributed by atoms with van der Waals surface area (Å²) in [5, 5.41) is 6.50. The summed E-state index contributed by atoms with van der Waals surface area (Å²) in [6.07, 6.45) is 6.59. The van der Waals surface area contributed by atoms with Crippen LogP contribution in [0.3, 0.4) is 0 Å². The Hall–Kier alpha value is -0.590. The number of hydrogen-bond acceptors (Lipinski definition) is 3. The highest BCUT2D eigenvalue weighted by Crippen LogP contribution is 2.28. The maximum Gasteiger partial charge on any atom is 0.246 e. The average Bonchev–Trinajstić information content (AvgIpc) is 2.84. The predicted octanol–water partition coefficient (Wildman–Crippen LogP) is 2.28. The minimum Gasteiger partial charge on any atom is -0.281 e. The van der Waals surface area contributed by atoms with Crippen molar-refractivity contribution in [2.75, 3.05) is 12.4 Å². The van der Waals surface area contributed by atoms with E-state index in [9.17, 15) is 8.42 Å². The maximum atomic E-state index is 12.7. The Bertz CT molecular complexity index is 509. The largest absolute Gasteiger partial charge is 0.281 e. The lowest BCUT2D eigenvalue weighted by atomic mass is 9.95. The van der Waals surface area contributed by atoms with Gasteiger partial charge in [0.2, 0.25) is 10.0 Å². The van der Waals surface area contributed by atoms with Gasteiger partial charge in [-0.3, -0.25) is 5.10 Å². The lowest BCUT2D eigenvalue weighted by Crippen LogP contribution is -2.42. The Morgan fingerprint density at radius 1 is 1.42 bits per heavy atom. The van der Waals surface area contributed by atoms with Crippen LogP contribution in [0.4, 0.5) is 0 Å². The van der Waals surface area contributed by atoms with Crippen molar-refractivity contribution in [1.29, 1.82) is 0 Å². The topological polar surface area (TPSA) is 66.1 Å². The van der Waals surface area contributed by atoms with Crippen molar-refractivity contribution in [3.63, 3.8) is 0 Å². The quantitative estimate of drug-likeness (QED) is 0.849. The highest BCUT2D eigenvalue weighted by molar-refractivity contribution is 7.89. The van der Waals surface area contributed by atoms with Crippen molar-refractivity contribution in [2.24, 2.45) is 0 Å². The van der Waals surface area contributed by atoms with Gasteiger partial charge in [0.1, 0.15) is 4.90 Å². The van der Waals surface area contributed by atoms with E-state index >= 15 is 0 Å². The number of aryl methyl sites for hydroxylation is 1. The lowest BCUT2D eigenvalue weighted by molar-refractivity contribution is 0.262. The molecule has 1 aromatic heterocycles. The smallest absolute Gasteiger partial charge is 0.246 e. The third-order valence-electron chi connectivity index (χ3n) is 3.66. The van der Waals surface area contributed by atoms with Gasteiger partial charge in [0, 0.05) is 18.5 Å². The van der Waals surface area contributed by atoms with Crippen molar-refractivity contribution in [2.45, 2.75) is 50.0 Å². The van der Waals surface area contributed by atoms with E-state index in [1.165, 1.54) is 12.6 Å². The summed E-state index contributed by atoms with van der Waals surface area (Å²) in [5.74, 6) is 0.312. The number of nitrogens with zero attached hydrogens (tertiary/aromatic N) is 2. The Morgan fingerprint density at radius 3 is 2.63 bits per heavy atom. The third kappa shape index (κ3) is 3.12. The van der Waals surface area contributed by atoms with Crippen LogP contribution in [0.15, 0.2) is 11.1 Å². The molecule has 0 saturated heterocycles. The van der Waals surface area contributed by atoms with Crippen LogP contribution in [0.5, 0.6) is 0 Å². The first-order valence-electron chi connectivity index (χ1n) is 6.65. The molecular weight excluding hydrogens is 286 g/mol. The van der Waals surface area contributed by atoms with E-state index in [4.69, 9.17) is 11.6 Å². The predicted molar refractivity (Wildman–Crippen MR) is 74.8 cm³/mol. The molecule has 0 amide bonds. The fraction of sp³-hybridized carbons (Fsp3) is 0.750. The molecule has 1 N–H and O–H groups in total. The summed E-state index contributed by atoms with van der Waals surface area (Å²) in [4.78, 5) is 0.267. The number of aromatic amines is 1. The van der Waals surface area contributed by atoms with Crippen LogP contribution < -0.4 is 0 Å². The number of halogens is 1. The SMILES string of the molecule is Cc1[nH]ncc1S(=O)(=O)N(CCCl)C1CCCCC1. The van der Waals surface area contributed by atoms with Gasteiger partial charge in [-0.05, 0) is 19.8 Å². The molecular formula is C12H20ClN3O2S. The third-order valence-corrected chi connectivity index (χ3v) is 5.89. The Labute approximate surface area is 119 Å². The minimum atomic E-state index is -3.50. The van der Waals surface area contributed by atoms with Crippen molar-refractivity contribution >= 4 is 21.6 Å². The number of alkyl halides is 1. The monoisotopic (exact) mass is 305 g/mol. The molecule has 0 aromatic carbocycles. The van der Waals surface area contributed by atoms with E-state index in [-0.39, 0.29) is 10.9 Å². The van der Waals surface area contributed by atoms with Gasteiger partial charge in [0.25, 0.3) is 0 Å². The first-order chi connectivity index (χ1) is 9.07. The first kappa shape index (κ1) is 14.8. The van der Waals surface area contributed by atoms with E-state index < -0.39 is 10.0 Å². The number of sulfonamides is 1. The molecule has 2 rings (SSSR count). The maximum absolute atomic E-state index is 12.7. The molecule has 0 bridgehead atoms. The molecule has 0 unspecified atom stereocenters. The molecule has 0 aliphatic heterocycles. The van der Waals surface area contributed by atoms with Gasteiger partial charge in [-0.2, -0.15) is 9.40 Å². The van der Waals surface area contributed by atoms with E-state index in [1.54, 1.807) is 11.2 Å². The number of H-pyrrole nitrogens is 1. The molecule has 0 radical (unpaired) electrons. The van der Waals surface area contributed by atoms with Crippen LogP contribution in [0, 0.1) is 6.92 Å². The van der Waals surface area contributed by atoms with E-state index in [0.717, 1.165) is 25.7 Å². The normalized spacial score (nSPS) is 18.1. The Morgan fingerprint density at radius 2 is 2.11 bits per heavy atom. The van der Waals surface area contributed by atoms with Crippen LogP contribution >= 0.6 is 11.6 Å². The highest BCUT2D eigenvalue weighted by Gasteiger charge is 2.33. The van der Waals surface area contributed by atoms with Crippen LogP contribution in [-0.2, 0) is 10.0 Å². The summed E-state index contributed by atoms with van der Waals surface area (Å²) in [7, 11) is -3.50. The van der Waals surface area contributed by atoms with Gasteiger partial charge >= 0.3 is 0 Å². The molecule has 0 atom stereocenters. The number of rotatable bonds is 5. The molecule has 1 aromatic rings. The van der Waals surface area contributed by atoms with Crippen molar-refractivity contribution in [1.82, 2.24) is 14.5 Å². The molecule has 0 spiro atoms. The first-order valence-corrected chi connectivity index (χ1v) is 8.62. The zero-order valence-corrected chi connectivity index (χ0v) is 12.7. The van der Waals surface area contributed by atoms with Gasteiger partial charge in [-0.15, -0.1) is 11.6 Å². The van der Waals surface area contributed by atoms with E-state index in [2.05, 4.69) is 10.2 Å². The molecule has 1 fully saturated rings. The second-order valence-electron chi connectivity index (χ2n) is 4.96. The van der Waals surface area contributed by atoms with Gasteiger partial charge < -0.3 is 0 Å². The Kier molecular flexibility index (Phi) is 4.86.